The van der Waals surface area contributed by atoms with Gasteiger partial charge in [-0.05, 0) is 57.1 Å². The van der Waals surface area contributed by atoms with Crippen LogP contribution < -0.4 is 9.47 Å². The number of carbonyl (C=O) groups excluding carboxylic acids is 2. The van der Waals surface area contributed by atoms with Crippen LogP contribution in [0.25, 0.3) is 10.8 Å². The Kier molecular flexibility index (Phi) is 19.7. The maximum absolute atomic E-state index is 12.5. The third-order valence-corrected chi connectivity index (χ3v) is 8.63. The topological polar surface area (TPSA) is 89.5 Å². The Labute approximate surface area is 295 Å². The number of aryl methyl sites for hydroxylation is 1. The lowest BCUT2D eigenvalue weighted by atomic mass is 10.0. The second-order valence-electron chi connectivity index (χ2n) is 13.2. The van der Waals surface area contributed by atoms with Crippen molar-refractivity contribution < 1.29 is 38.0 Å². The van der Waals surface area contributed by atoms with Gasteiger partial charge in [0.1, 0.15) is 24.7 Å². The molecule has 8 heteroatoms. The van der Waals surface area contributed by atoms with Crippen molar-refractivity contribution in [2.75, 3.05) is 39.6 Å². The molecule has 49 heavy (non-hydrogen) atoms. The van der Waals surface area contributed by atoms with Crippen molar-refractivity contribution in [2.24, 2.45) is 11.8 Å². The number of hydrogen-bond donors (Lipinski definition) is 0. The average Bonchev–Trinajstić information content (AvgIpc) is 3.08. The van der Waals surface area contributed by atoms with Gasteiger partial charge in [0.25, 0.3) is 0 Å². The quantitative estimate of drug-likeness (QED) is 0.0717. The molecule has 4 unspecified atom stereocenters. The molecule has 0 amide bonds. The van der Waals surface area contributed by atoms with Crippen molar-refractivity contribution in [3.63, 3.8) is 0 Å². The van der Waals surface area contributed by atoms with Gasteiger partial charge in [-0.2, -0.15) is 0 Å². The summed E-state index contributed by atoms with van der Waals surface area (Å²) in [6.45, 7) is 23.3. The SMILES string of the molecule is C=C(C)C(=O)OC(COCC(CC)CCCC)COc1cc(C)c(OCC(COCC(CC)CCCC)OC(=O)C(=C)C)c2ccccc12. The molecule has 0 fully saturated rings. The average molecular weight is 683 g/mol. The molecule has 0 aromatic heterocycles. The first kappa shape index (κ1) is 41.8. The lowest BCUT2D eigenvalue weighted by Gasteiger charge is -2.23. The summed E-state index contributed by atoms with van der Waals surface area (Å²) in [5.41, 5.74) is 1.49. The summed E-state index contributed by atoms with van der Waals surface area (Å²) in [4.78, 5) is 24.9. The fourth-order valence-electron chi connectivity index (χ4n) is 5.38. The van der Waals surface area contributed by atoms with E-state index in [0.29, 0.717) is 47.7 Å². The van der Waals surface area contributed by atoms with Crippen LogP contribution in [0.15, 0.2) is 54.6 Å². The Morgan fingerprint density at radius 2 is 1.14 bits per heavy atom. The van der Waals surface area contributed by atoms with Gasteiger partial charge in [0.05, 0.1) is 13.2 Å². The van der Waals surface area contributed by atoms with Crippen LogP contribution in [0.2, 0.25) is 0 Å². The molecular weight excluding hydrogens is 620 g/mol. The molecule has 0 N–H and O–H groups in total. The van der Waals surface area contributed by atoms with Gasteiger partial charge in [0, 0.05) is 35.1 Å². The second-order valence-corrected chi connectivity index (χ2v) is 13.2. The first-order valence-electron chi connectivity index (χ1n) is 18.2. The molecule has 0 saturated heterocycles. The van der Waals surface area contributed by atoms with E-state index in [0.717, 1.165) is 67.7 Å². The minimum atomic E-state index is -0.611. The molecule has 2 rings (SSSR count). The molecule has 0 heterocycles. The zero-order valence-corrected chi connectivity index (χ0v) is 31.3. The fraction of sp³-hybridized carbons (Fsp3) is 0.610. The van der Waals surface area contributed by atoms with Gasteiger partial charge in [-0.25, -0.2) is 9.59 Å². The maximum Gasteiger partial charge on any atom is 0.333 e. The van der Waals surface area contributed by atoms with E-state index in [4.69, 9.17) is 28.4 Å². The molecule has 0 spiro atoms. The Morgan fingerprint density at radius 1 is 0.673 bits per heavy atom. The van der Waals surface area contributed by atoms with Crippen molar-refractivity contribution in [2.45, 2.75) is 112 Å². The van der Waals surface area contributed by atoms with Crippen LogP contribution in [0.3, 0.4) is 0 Å². The third-order valence-electron chi connectivity index (χ3n) is 8.63. The van der Waals surface area contributed by atoms with Crippen LogP contribution in [0.4, 0.5) is 0 Å². The van der Waals surface area contributed by atoms with Crippen LogP contribution in [0.1, 0.15) is 98.5 Å². The predicted octanol–water partition coefficient (Wildman–Crippen LogP) is 9.35. The molecule has 2 aromatic rings. The van der Waals surface area contributed by atoms with E-state index in [1.807, 2.05) is 37.3 Å². The number of esters is 2. The summed E-state index contributed by atoms with van der Waals surface area (Å²) in [5, 5.41) is 1.69. The van der Waals surface area contributed by atoms with Gasteiger partial charge < -0.3 is 28.4 Å². The van der Waals surface area contributed by atoms with Gasteiger partial charge in [0.15, 0.2) is 12.2 Å². The number of hydrogen-bond acceptors (Lipinski definition) is 8. The molecule has 0 aliphatic carbocycles. The number of carbonyl (C=O) groups is 2. The van der Waals surface area contributed by atoms with Crippen LogP contribution in [-0.2, 0) is 28.5 Å². The molecular formula is C41H62O8. The van der Waals surface area contributed by atoms with E-state index in [1.165, 1.54) is 0 Å². The van der Waals surface area contributed by atoms with Crippen LogP contribution in [0, 0.1) is 18.8 Å². The van der Waals surface area contributed by atoms with E-state index >= 15 is 0 Å². The number of benzene rings is 2. The third kappa shape index (κ3) is 15.0. The number of rotatable bonds is 26. The zero-order chi connectivity index (χ0) is 36.2. The van der Waals surface area contributed by atoms with Crippen molar-refractivity contribution in [3.05, 3.63) is 60.2 Å². The highest BCUT2D eigenvalue weighted by Gasteiger charge is 2.22. The summed E-state index contributed by atoms with van der Waals surface area (Å²) in [6.07, 6.45) is 7.70. The van der Waals surface area contributed by atoms with Gasteiger partial charge in [-0.15, -0.1) is 0 Å². The summed E-state index contributed by atoms with van der Waals surface area (Å²) >= 11 is 0. The lowest BCUT2D eigenvalue weighted by Crippen LogP contribution is -2.31. The normalized spacial score (nSPS) is 13.7. The van der Waals surface area contributed by atoms with Gasteiger partial charge >= 0.3 is 11.9 Å². The van der Waals surface area contributed by atoms with Crippen molar-refractivity contribution >= 4 is 22.7 Å². The molecule has 0 saturated carbocycles. The highest BCUT2D eigenvalue weighted by atomic mass is 16.6. The molecule has 0 bridgehead atoms. The Bertz CT molecular complexity index is 1320. The van der Waals surface area contributed by atoms with Crippen molar-refractivity contribution in [1.82, 2.24) is 0 Å². The number of ether oxygens (including phenoxy) is 6. The molecule has 0 aliphatic heterocycles. The molecule has 0 radical (unpaired) electrons. The standard InChI is InChI=1S/C41H62O8/c1-10-14-18-32(12-3)23-44-25-34(48-40(42)29(5)6)27-46-38-22-31(9)39(37-21-17-16-20-36(37)38)47-28-35(49-41(43)30(7)8)26-45-24-33(13-4)19-15-11-2/h16-17,20-22,32-35H,5,7,10-15,18-19,23-28H2,1-4,6,8-9H3. The van der Waals surface area contributed by atoms with E-state index < -0.39 is 24.1 Å². The molecule has 0 aliphatic rings. The molecule has 2 aromatic carbocycles. The highest BCUT2D eigenvalue weighted by molar-refractivity contribution is 5.94. The van der Waals surface area contributed by atoms with Crippen molar-refractivity contribution in [3.8, 4) is 11.5 Å². The predicted molar refractivity (Wildman–Crippen MR) is 197 cm³/mol. The number of unbranched alkanes of at least 4 members (excludes halogenated alkanes) is 2. The minimum absolute atomic E-state index is 0.113. The molecule has 4 atom stereocenters. The smallest absolute Gasteiger partial charge is 0.333 e. The second kappa shape index (κ2) is 23.1. The largest absolute Gasteiger partial charge is 0.489 e. The highest BCUT2D eigenvalue weighted by Crippen LogP contribution is 2.37. The summed E-state index contributed by atoms with van der Waals surface area (Å²) < 4.78 is 36.2. The lowest BCUT2D eigenvalue weighted by molar-refractivity contribution is -0.150. The van der Waals surface area contributed by atoms with Gasteiger partial charge in [0.2, 0.25) is 0 Å². The van der Waals surface area contributed by atoms with E-state index in [2.05, 4.69) is 40.9 Å². The van der Waals surface area contributed by atoms with Gasteiger partial charge in [-0.1, -0.05) is 104 Å². The van der Waals surface area contributed by atoms with Crippen molar-refractivity contribution in [1.29, 1.82) is 0 Å². The van der Waals surface area contributed by atoms with Crippen LogP contribution in [0.5, 0.6) is 11.5 Å². The Hall–Kier alpha value is -3.36. The zero-order valence-electron chi connectivity index (χ0n) is 31.3. The summed E-state index contributed by atoms with van der Waals surface area (Å²) in [5.74, 6) is 1.28. The van der Waals surface area contributed by atoms with Crippen LogP contribution >= 0.6 is 0 Å². The van der Waals surface area contributed by atoms with Crippen LogP contribution in [-0.4, -0.2) is 63.8 Å². The van der Waals surface area contributed by atoms with E-state index in [1.54, 1.807) is 13.8 Å². The first-order valence-corrected chi connectivity index (χ1v) is 18.2. The monoisotopic (exact) mass is 682 g/mol. The van der Waals surface area contributed by atoms with Gasteiger partial charge in [-0.3, -0.25) is 0 Å². The summed E-state index contributed by atoms with van der Waals surface area (Å²) in [7, 11) is 0. The number of fused-ring (bicyclic) bond motifs is 1. The molecule has 274 valence electrons. The maximum atomic E-state index is 12.5. The van der Waals surface area contributed by atoms with E-state index in [-0.39, 0.29) is 26.4 Å². The Morgan fingerprint density at radius 3 is 1.59 bits per heavy atom. The first-order chi connectivity index (χ1) is 23.5. The Balaban J connectivity index is 2.20. The van der Waals surface area contributed by atoms with E-state index in [9.17, 15) is 9.59 Å². The minimum Gasteiger partial charge on any atom is -0.489 e. The fourth-order valence-corrected chi connectivity index (χ4v) is 5.38. The molecule has 8 nitrogen and oxygen atoms in total. The summed E-state index contributed by atoms with van der Waals surface area (Å²) in [6, 6.07) is 9.72.